The first-order valence-electron chi connectivity index (χ1n) is 13.7. The quantitative estimate of drug-likeness (QED) is 0.302. The van der Waals surface area contributed by atoms with E-state index in [2.05, 4.69) is 38.5 Å². The summed E-state index contributed by atoms with van der Waals surface area (Å²) in [5, 5.41) is 24.3. The van der Waals surface area contributed by atoms with Crippen LogP contribution in [0.4, 0.5) is 5.82 Å². The van der Waals surface area contributed by atoms with Gasteiger partial charge in [0.25, 0.3) is 0 Å². The molecule has 202 valence electrons. The highest BCUT2D eigenvalue weighted by Gasteiger charge is 2.46. The molecule has 0 amide bonds. The zero-order chi connectivity index (χ0) is 27.1. The molecule has 1 aliphatic carbocycles. The largest absolute Gasteiger partial charge is 0.507 e. The fourth-order valence-electron chi connectivity index (χ4n) is 6.40. The number of hydrogen-bond acceptors (Lipinski definition) is 8. The van der Waals surface area contributed by atoms with Crippen LogP contribution in [0.5, 0.6) is 5.75 Å². The highest BCUT2D eigenvalue weighted by Crippen LogP contribution is 2.57. The molecule has 1 spiro atoms. The second-order valence-electron chi connectivity index (χ2n) is 11.5. The number of phenolic OH excluding ortho intramolecular Hbond substituents is 1. The summed E-state index contributed by atoms with van der Waals surface area (Å²) in [5.41, 5.74) is 3.94. The molecule has 8 nitrogen and oxygen atoms in total. The molecule has 0 bridgehead atoms. The Balaban J connectivity index is 1.11. The molecule has 1 saturated carbocycles. The van der Waals surface area contributed by atoms with E-state index in [0.717, 1.165) is 42.7 Å². The molecule has 8 heteroatoms. The van der Waals surface area contributed by atoms with Gasteiger partial charge in [0, 0.05) is 30.1 Å². The van der Waals surface area contributed by atoms with Crippen LogP contribution < -0.4 is 4.90 Å². The van der Waals surface area contributed by atoms with Gasteiger partial charge in [0.05, 0.1) is 18.3 Å². The van der Waals surface area contributed by atoms with Crippen molar-refractivity contribution in [3.05, 3.63) is 65.9 Å². The Labute approximate surface area is 228 Å². The van der Waals surface area contributed by atoms with Crippen molar-refractivity contribution in [2.24, 2.45) is 11.3 Å². The Morgan fingerprint density at radius 3 is 2.56 bits per heavy atom. The smallest absolute Gasteiger partial charge is 0.316 e. The van der Waals surface area contributed by atoms with Gasteiger partial charge in [-0.25, -0.2) is 0 Å². The molecule has 2 aliphatic rings. The fraction of sp³-hybridized carbons (Fsp3) is 0.419. The van der Waals surface area contributed by atoms with Crippen molar-refractivity contribution in [3.8, 4) is 17.0 Å². The third-order valence-corrected chi connectivity index (χ3v) is 8.71. The van der Waals surface area contributed by atoms with Crippen LogP contribution in [0.2, 0.25) is 0 Å². The predicted octanol–water partition coefficient (Wildman–Crippen LogP) is 6.07. The molecular formula is C31H34N4O4. The number of carbonyl (C=O) groups excluding carboxylic acids is 1. The minimum Gasteiger partial charge on any atom is -0.507 e. The highest BCUT2D eigenvalue weighted by molar-refractivity contribution is 5.83. The normalized spacial score (nSPS) is 17.9. The van der Waals surface area contributed by atoms with Gasteiger partial charge in [-0.05, 0) is 78.8 Å². The third kappa shape index (κ3) is 4.73. The predicted molar refractivity (Wildman–Crippen MR) is 149 cm³/mol. The first-order chi connectivity index (χ1) is 18.9. The number of methoxy groups -OCH3 is 1. The molecule has 2 aromatic heterocycles. The molecule has 39 heavy (non-hydrogen) atoms. The van der Waals surface area contributed by atoms with Crippen molar-refractivity contribution in [2.75, 3.05) is 25.1 Å². The zero-order valence-corrected chi connectivity index (χ0v) is 22.6. The molecule has 4 aromatic rings. The molecule has 1 aliphatic heterocycles. The summed E-state index contributed by atoms with van der Waals surface area (Å²) in [6.07, 6.45) is 4.59. The van der Waals surface area contributed by atoms with Gasteiger partial charge in [0.15, 0.2) is 11.6 Å². The lowest BCUT2D eigenvalue weighted by Crippen LogP contribution is -2.46. The van der Waals surface area contributed by atoms with Crippen LogP contribution in [0.15, 0.2) is 59.1 Å². The second-order valence-corrected chi connectivity index (χ2v) is 11.5. The molecule has 0 radical (unpaired) electrons. The second kappa shape index (κ2) is 9.98. The van der Waals surface area contributed by atoms with Crippen LogP contribution >= 0.6 is 0 Å². The maximum Gasteiger partial charge on any atom is 0.316 e. The van der Waals surface area contributed by atoms with E-state index in [1.54, 1.807) is 12.1 Å². The first-order valence-corrected chi connectivity index (χ1v) is 13.7. The minimum absolute atomic E-state index is 0.0639. The van der Waals surface area contributed by atoms with Gasteiger partial charge in [0.1, 0.15) is 11.7 Å². The topological polar surface area (TPSA) is 102 Å². The lowest BCUT2D eigenvalue weighted by atomic mass is 9.56. The number of aromatic hydroxyl groups is 1. The number of rotatable bonds is 6. The number of carbonyl (C=O) groups is 1. The molecule has 3 heterocycles. The van der Waals surface area contributed by atoms with Crippen LogP contribution in [0.3, 0.4) is 0 Å². The van der Waals surface area contributed by atoms with Crippen molar-refractivity contribution < 1.29 is 19.2 Å². The van der Waals surface area contributed by atoms with Crippen LogP contribution in [0.25, 0.3) is 22.2 Å². The summed E-state index contributed by atoms with van der Waals surface area (Å²) in [6, 6.07) is 17.6. The molecule has 1 unspecified atom stereocenters. The van der Waals surface area contributed by atoms with Crippen molar-refractivity contribution in [1.82, 2.24) is 15.4 Å². The van der Waals surface area contributed by atoms with E-state index in [1.807, 2.05) is 38.1 Å². The molecular weight excluding hydrogens is 492 g/mol. The zero-order valence-electron chi connectivity index (χ0n) is 22.6. The number of para-hydroxylation sites is 1. The summed E-state index contributed by atoms with van der Waals surface area (Å²) in [6.45, 7) is 5.83. The van der Waals surface area contributed by atoms with Crippen molar-refractivity contribution >= 4 is 22.7 Å². The van der Waals surface area contributed by atoms with E-state index >= 15 is 0 Å². The number of esters is 1. The monoisotopic (exact) mass is 526 g/mol. The number of benzene rings is 2. The highest BCUT2D eigenvalue weighted by atomic mass is 16.5. The van der Waals surface area contributed by atoms with E-state index < -0.39 is 5.92 Å². The SMILES string of the molecule is COC(=O)C(c1cc(N2CCC3(CC2)CC(c2ccc4nnc(-c5ccccc5O)cc4c2)C3)no1)C(C)C. The summed E-state index contributed by atoms with van der Waals surface area (Å²) in [7, 11) is 1.41. The Kier molecular flexibility index (Phi) is 6.49. The molecule has 1 N–H and O–H groups in total. The summed E-state index contributed by atoms with van der Waals surface area (Å²) >= 11 is 0. The minimum atomic E-state index is -0.442. The Bertz CT molecular complexity index is 1500. The number of aromatic nitrogens is 3. The average molecular weight is 527 g/mol. The van der Waals surface area contributed by atoms with Gasteiger partial charge < -0.3 is 19.3 Å². The number of fused-ring (bicyclic) bond motifs is 1. The lowest BCUT2D eigenvalue weighted by molar-refractivity contribution is -0.144. The van der Waals surface area contributed by atoms with E-state index in [9.17, 15) is 9.90 Å². The van der Waals surface area contributed by atoms with Crippen molar-refractivity contribution in [2.45, 2.75) is 51.4 Å². The van der Waals surface area contributed by atoms with Crippen LogP contribution in [0.1, 0.15) is 62.7 Å². The molecule has 6 rings (SSSR count). The Morgan fingerprint density at radius 2 is 1.85 bits per heavy atom. The van der Waals surface area contributed by atoms with Gasteiger partial charge >= 0.3 is 5.97 Å². The van der Waals surface area contributed by atoms with E-state index in [1.165, 1.54) is 25.5 Å². The molecule has 2 fully saturated rings. The van der Waals surface area contributed by atoms with Crippen molar-refractivity contribution in [1.29, 1.82) is 0 Å². The molecule has 2 aromatic carbocycles. The summed E-state index contributed by atoms with van der Waals surface area (Å²) < 4.78 is 10.6. The fourth-order valence-corrected chi connectivity index (χ4v) is 6.40. The average Bonchev–Trinajstić information content (AvgIpc) is 3.40. The van der Waals surface area contributed by atoms with E-state index in [-0.39, 0.29) is 17.6 Å². The number of ether oxygens (including phenoxy) is 1. The van der Waals surface area contributed by atoms with Crippen molar-refractivity contribution in [3.63, 3.8) is 0 Å². The molecule has 1 saturated heterocycles. The maximum atomic E-state index is 12.2. The van der Waals surface area contributed by atoms with Gasteiger partial charge in [0.2, 0.25) is 0 Å². The van der Waals surface area contributed by atoms with Gasteiger partial charge in [-0.3, -0.25) is 4.79 Å². The number of anilines is 1. The van der Waals surface area contributed by atoms with E-state index in [0.29, 0.717) is 28.4 Å². The standard InChI is InChI=1S/C31H34N4O4/c1-19(2)29(30(37)38-3)27-16-28(34-39-27)35-12-10-31(11-13-35)17-22(18-31)20-8-9-24-21(14-20)15-25(33-32-24)23-6-4-5-7-26(23)36/h4-9,14-16,19,22,29,36H,10-13,17-18H2,1-3H3. The molecule has 1 atom stereocenters. The Morgan fingerprint density at radius 1 is 1.08 bits per heavy atom. The Hall–Kier alpha value is -3.94. The number of phenols is 1. The van der Waals surface area contributed by atoms with Crippen LogP contribution in [0, 0.1) is 11.3 Å². The summed E-state index contributed by atoms with van der Waals surface area (Å²) in [5.74, 6) is 1.45. The lowest BCUT2D eigenvalue weighted by Gasteiger charge is -2.52. The van der Waals surface area contributed by atoms with E-state index in [4.69, 9.17) is 9.26 Å². The first kappa shape index (κ1) is 25.3. The number of hydrogen-bond donors (Lipinski definition) is 1. The van der Waals surface area contributed by atoms with Gasteiger partial charge in [-0.2, -0.15) is 0 Å². The van der Waals surface area contributed by atoms with Gasteiger partial charge in [-0.1, -0.05) is 37.2 Å². The summed E-state index contributed by atoms with van der Waals surface area (Å²) in [4.78, 5) is 14.5. The van der Waals surface area contributed by atoms with Crippen LogP contribution in [-0.2, 0) is 9.53 Å². The maximum absolute atomic E-state index is 12.2. The van der Waals surface area contributed by atoms with Crippen LogP contribution in [-0.4, -0.2) is 46.6 Å². The number of nitrogens with zero attached hydrogens (tertiary/aromatic N) is 4. The number of piperidine rings is 1. The third-order valence-electron chi connectivity index (χ3n) is 8.71. The van der Waals surface area contributed by atoms with Gasteiger partial charge in [-0.15, -0.1) is 10.2 Å².